The second-order valence-electron chi connectivity index (χ2n) is 6.71. The van der Waals surface area contributed by atoms with Crippen molar-refractivity contribution in [2.75, 3.05) is 26.6 Å². The average Bonchev–Trinajstić information content (AvgIpc) is 3.03. The highest BCUT2D eigenvalue weighted by Crippen LogP contribution is 2.41. The van der Waals surface area contributed by atoms with Crippen molar-refractivity contribution in [2.45, 2.75) is 26.2 Å². The maximum atomic E-state index is 12.8. The summed E-state index contributed by atoms with van der Waals surface area (Å²) in [5.41, 5.74) is 1.13. The number of anilines is 1. The standard InChI is InChI=1S/C20H23NO6S/c1-10-5-6-12-15(7-10)28-19(16(12)20(23)24)21-18(22)11-8-13(25-2)17(27-4)14(9-11)26-3/h8-10H,5-7H2,1-4H3,(H,21,22)(H,23,24)/p-1/t10-/m1/s1. The Balaban J connectivity index is 1.97. The molecule has 7 nitrogen and oxygen atoms in total. The third-order valence-electron chi connectivity index (χ3n) is 4.87. The van der Waals surface area contributed by atoms with E-state index < -0.39 is 11.9 Å². The molecule has 1 aromatic heterocycles. The fourth-order valence-electron chi connectivity index (χ4n) is 3.44. The van der Waals surface area contributed by atoms with E-state index in [1.54, 1.807) is 0 Å². The van der Waals surface area contributed by atoms with Crippen LogP contribution in [0.1, 0.15) is 44.5 Å². The van der Waals surface area contributed by atoms with Crippen molar-refractivity contribution in [1.29, 1.82) is 0 Å². The van der Waals surface area contributed by atoms with Crippen molar-refractivity contribution < 1.29 is 28.9 Å². The molecular formula is C20H22NO6S-. The summed E-state index contributed by atoms with van der Waals surface area (Å²) in [6.07, 6.45) is 2.40. The maximum Gasteiger partial charge on any atom is 0.256 e. The van der Waals surface area contributed by atoms with Gasteiger partial charge in [0.25, 0.3) is 5.91 Å². The van der Waals surface area contributed by atoms with Gasteiger partial charge >= 0.3 is 0 Å². The lowest BCUT2D eigenvalue weighted by Gasteiger charge is -2.19. The number of ether oxygens (including phenoxy) is 3. The number of nitrogens with one attached hydrogen (secondary N) is 1. The van der Waals surface area contributed by atoms with Crippen LogP contribution in [0.3, 0.4) is 0 Å². The van der Waals surface area contributed by atoms with Crippen molar-refractivity contribution >= 4 is 28.2 Å². The largest absolute Gasteiger partial charge is 0.545 e. The van der Waals surface area contributed by atoms with Crippen LogP contribution in [0, 0.1) is 5.92 Å². The molecule has 150 valence electrons. The highest BCUT2D eigenvalue weighted by molar-refractivity contribution is 7.17. The van der Waals surface area contributed by atoms with Gasteiger partial charge in [-0.2, -0.15) is 0 Å². The third kappa shape index (κ3) is 3.64. The lowest BCUT2D eigenvalue weighted by atomic mass is 9.88. The van der Waals surface area contributed by atoms with E-state index in [-0.39, 0.29) is 11.1 Å². The lowest BCUT2D eigenvalue weighted by Crippen LogP contribution is -2.26. The normalized spacial score (nSPS) is 15.5. The van der Waals surface area contributed by atoms with Gasteiger partial charge in [-0.05, 0) is 42.9 Å². The predicted octanol–water partition coefficient (Wildman–Crippen LogP) is 2.51. The van der Waals surface area contributed by atoms with E-state index in [2.05, 4.69) is 12.2 Å². The molecule has 28 heavy (non-hydrogen) atoms. The molecule has 0 fully saturated rings. The van der Waals surface area contributed by atoms with Crippen LogP contribution < -0.4 is 24.6 Å². The number of carbonyl (C=O) groups excluding carboxylic acids is 2. The molecule has 0 unspecified atom stereocenters. The van der Waals surface area contributed by atoms with Crippen LogP contribution >= 0.6 is 11.3 Å². The first-order valence-corrected chi connectivity index (χ1v) is 9.68. The van der Waals surface area contributed by atoms with Crippen LogP contribution in [0.2, 0.25) is 0 Å². The minimum atomic E-state index is -1.27. The van der Waals surface area contributed by atoms with Crippen LogP contribution in [0.15, 0.2) is 12.1 Å². The minimum Gasteiger partial charge on any atom is -0.545 e. The molecule has 1 atom stereocenters. The molecule has 0 bridgehead atoms. The summed E-state index contributed by atoms with van der Waals surface area (Å²) in [5.74, 6) is -0.199. The van der Waals surface area contributed by atoms with Gasteiger partial charge in [-0.1, -0.05) is 6.92 Å². The van der Waals surface area contributed by atoms with Crippen LogP contribution in [-0.4, -0.2) is 33.2 Å². The van der Waals surface area contributed by atoms with Crippen LogP contribution in [0.5, 0.6) is 17.2 Å². The smallest absolute Gasteiger partial charge is 0.256 e. The van der Waals surface area contributed by atoms with Crippen molar-refractivity contribution in [3.8, 4) is 17.2 Å². The summed E-state index contributed by atoms with van der Waals surface area (Å²) in [5, 5.41) is 14.8. The third-order valence-corrected chi connectivity index (χ3v) is 6.04. The second kappa shape index (κ2) is 8.10. The minimum absolute atomic E-state index is 0.0905. The van der Waals surface area contributed by atoms with Crippen LogP contribution in [0.4, 0.5) is 5.00 Å². The number of carbonyl (C=O) groups is 2. The Morgan fingerprint density at radius 3 is 2.32 bits per heavy atom. The zero-order chi connectivity index (χ0) is 20.4. The number of benzene rings is 1. The topological polar surface area (TPSA) is 96.9 Å². The Bertz CT molecular complexity index is 895. The SMILES string of the molecule is COc1cc(C(=O)Nc2sc3c(c2C(=O)[O-])CC[C@@H](C)C3)cc(OC)c1OC. The Morgan fingerprint density at radius 1 is 1.14 bits per heavy atom. The number of rotatable bonds is 6. The monoisotopic (exact) mass is 404 g/mol. The van der Waals surface area contributed by atoms with Gasteiger partial charge in [-0.15, -0.1) is 11.3 Å². The molecule has 0 saturated heterocycles. The molecule has 1 N–H and O–H groups in total. The van der Waals surface area contributed by atoms with E-state index in [1.165, 1.54) is 44.8 Å². The van der Waals surface area contributed by atoms with E-state index in [4.69, 9.17) is 14.2 Å². The van der Waals surface area contributed by atoms with Gasteiger partial charge in [0.1, 0.15) is 5.00 Å². The quantitative estimate of drug-likeness (QED) is 0.795. The molecule has 0 saturated carbocycles. The summed E-state index contributed by atoms with van der Waals surface area (Å²) in [6.45, 7) is 2.13. The molecule has 0 radical (unpaired) electrons. The summed E-state index contributed by atoms with van der Waals surface area (Å²) in [6, 6.07) is 3.04. The maximum absolute atomic E-state index is 12.8. The summed E-state index contributed by atoms with van der Waals surface area (Å²) in [4.78, 5) is 25.6. The molecule has 0 aliphatic heterocycles. The van der Waals surface area contributed by atoms with Crippen LogP contribution in [-0.2, 0) is 12.8 Å². The lowest BCUT2D eigenvalue weighted by molar-refractivity contribution is -0.255. The number of amides is 1. The second-order valence-corrected chi connectivity index (χ2v) is 7.82. The zero-order valence-electron chi connectivity index (χ0n) is 16.2. The fourth-order valence-corrected chi connectivity index (χ4v) is 4.84. The number of carboxylic acid groups (broad SMARTS) is 1. The van der Waals surface area contributed by atoms with Gasteiger partial charge in [-0.25, -0.2) is 0 Å². The van der Waals surface area contributed by atoms with Gasteiger partial charge in [0.05, 0.1) is 27.3 Å². The van der Waals surface area contributed by atoms with E-state index in [0.717, 1.165) is 23.3 Å². The zero-order valence-corrected chi connectivity index (χ0v) is 17.0. The summed E-state index contributed by atoms with van der Waals surface area (Å²) >= 11 is 1.30. The van der Waals surface area contributed by atoms with Gasteiger partial charge in [0.2, 0.25) is 5.75 Å². The number of carboxylic acids is 1. The molecule has 1 aromatic carbocycles. The first kappa shape index (κ1) is 20.0. The molecule has 1 amide bonds. The molecule has 8 heteroatoms. The Kier molecular flexibility index (Phi) is 5.79. The first-order valence-electron chi connectivity index (χ1n) is 8.86. The van der Waals surface area contributed by atoms with E-state index in [0.29, 0.717) is 34.6 Å². The number of thiophene rings is 1. The summed E-state index contributed by atoms with van der Waals surface area (Å²) < 4.78 is 15.8. The highest BCUT2D eigenvalue weighted by atomic mass is 32.1. The number of hydrogen-bond donors (Lipinski definition) is 1. The molecule has 1 aliphatic rings. The van der Waals surface area contributed by atoms with Gasteiger partial charge < -0.3 is 29.4 Å². The first-order chi connectivity index (χ1) is 13.4. The predicted molar refractivity (Wildman–Crippen MR) is 104 cm³/mol. The Labute approximate surface area is 167 Å². The molecular weight excluding hydrogens is 382 g/mol. The van der Waals surface area contributed by atoms with Gasteiger partial charge in [0, 0.05) is 16.0 Å². The number of fused-ring (bicyclic) bond motifs is 1. The number of methoxy groups -OCH3 is 3. The Hall–Kier alpha value is -2.74. The molecule has 2 aromatic rings. The Morgan fingerprint density at radius 2 is 1.79 bits per heavy atom. The van der Waals surface area contributed by atoms with Crippen molar-refractivity contribution in [2.24, 2.45) is 5.92 Å². The van der Waals surface area contributed by atoms with Crippen molar-refractivity contribution in [1.82, 2.24) is 0 Å². The number of aromatic carboxylic acids is 1. The molecule has 1 aliphatic carbocycles. The fraction of sp³-hybridized carbons (Fsp3) is 0.400. The van der Waals surface area contributed by atoms with E-state index in [1.807, 2.05) is 0 Å². The van der Waals surface area contributed by atoms with Crippen molar-refractivity contribution in [3.05, 3.63) is 33.7 Å². The molecule has 1 heterocycles. The van der Waals surface area contributed by atoms with Gasteiger partial charge in [-0.3, -0.25) is 4.79 Å². The number of hydrogen-bond acceptors (Lipinski definition) is 7. The molecule has 0 spiro atoms. The average molecular weight is 404 g/mol. The van der Waals surface area contributed by atoms with Crippen molar-refractivity contribution in [3.63, 3.8) is 0 Å². The highest BCUT2D eigenvalue weighted by Gasteiger charge is 2.26. The van der Waals surface area contributed by atoms with E-state index in [9.17, 15) is 14.7 Å². The molecule has 3 rings (SSSR count). The van der Waals surface area contributed by atoms with E-state index >= 15 is 0 Å². The van der Waals surface area contributed by atoms with Gasteiger partial charge in [0.15, 0.2) is 11.5 Å². The van der Waals surface area contributed by atoms with Crippen LogP contribution in [0.25, 0.3) is 0 Å². The summed E-state index contributed by atoms with van der Waals surface area (Å²) in [7, 11) is 4.40.